The van der Waals surface area contributed by atoms with E-state index in [0.717, 1.165) is 16.1 Å². The third kappa shape index (κ3) is 3.00. The molecule has 2 aromatic heterocycles. The van der Waals surface area contributed by atoms with Gasteiger partial charge in [-0.3, -0.25) is 10.1 Å². The van der Waals surface area contributed by atoms with Crippen LogP contribution in [0.25, 0.3) is 11.3 Å². The Morgan fingerprint density at radius 2 is 1.91 bits per heavy atom. The minimum atomic E-state index is -0.305. The smallest absolute Gasteiger partial charge is 0.262 e. The standard InChI is InChI=1S/C16H14FN3O2S/c1-8-13(9(2)22-20-8)15(21)19-16-18-14(10(3)23-16)11-4-6-12(17)7-5-11/h4-7H,1-3H3,(H,18,19,21). The fraction of sp³-hybridized carbons (Fsp3) is 0.188. The molecule has 0 fully saturated rings. The van der Waals surface area contributed by atoms with Gasteiger partial charge in [-0.15, -0.1) is 11.3 Å². The van der Waals surface area contributed by atoms with Gasteiger partial charge < -0.3 is 4.52 Å². The molecule has 0 saturated heterocycles. The molecule has 0 unspecified atom stereocenters. The molecule has 0 atom stereocenters. The van der Waals surface area contributed by atoms with Gasteiger partial charge in [-0.2, -0.15) is 0 Å². The Kier molecular flexibility index (Phi) is 3.96. The number of hydrogen-bond acceptors (Lipinski definition) is 5. The molecule has 23 heavy (non-hydrogen) atoms. The summed E-state index contributed by atoms with van der Waals surface area (Å²) in [7, 11) is 0. The van der Waals surface area contributed by atoms with Crippen LogP contribution in [-0.4, -0.2) is 16.0 Å². The molecule has 3 rings (SSSR count). The number of amides is 1. The predicted octanol–water partition coefficient (Wildman–Crippen LogP) is 4.11. The molecule has 0 aliphatic heterocycles. The fourth-order valence-corrected chi connectivity index (χ4v) is 3.12. The highest BCUT2D eigenvalue weighted by molar-refractivity contribution is 7.16. The van der Waals surface area contributed by atoms with Crippen molar-refractivity contribution in [3.8, 4) is 11.3 Å². The average Bonchev–Trinajstić information content (AvgIpc) is 3.02. The number of aromatic nitrogens is 2. The number of halogens is 1. The van der Waals surface area contributed by atoms with E-state index in [9.17, 15) is 9.18 Å². The Morgan fingerprint density at radius 3 is 2.52 bits per heavy atom. The number of carbonyl (C=O) groups excluding carboxylic acids is 1. The van der Waals surface area contributed by atoms with Crippen molar-refractivity contribution >= 4 is 22.4 Å². The van der Waals surface area contributed by atoms with Gasteiger partial charge in [0.2, 0.25) is 0 Å². The van der Waals surface area contributed by atoms with E-state index in [2.05, 4.69) is 15.5 Å². The van der Waals surface area contributed by atoms with Crippen molar-refractivity contribution in [1.29, 1.82) is 0 Å². The second-order valence-corrected chi connectivity index (χ2v) is 6.29. The number of rotatable bonds is 3. The normalized spacial score (nSPS) is 10.8. The Balaban J connectivity index is 1.87. The maximum atomic E-state index is 13.0. The van der Waals surface area contributed by atoms with E-state index in [1.807, 2.05) is 6.92 Å². The zero-order valence-corrected chi connectivity index (χ0v) is 13.6. The lowest BCUT2D eigenvalue weighted by molar-refractivity contribution is 0.102. The number of aryl methyl sites for hydroxylation is 3. The second-order valence-electron chi connectivity index (χ2n) is 5.08. The summed E-state index contributed by atoms with van der Waals surface area (Å²) in [6.07, 6.45) is 0. The van der Waals surface area contributed by atoms with Gasteiger partial charge in [0.1, 0.15) is 17.1 Å². The van der Waals surface area contributed by atoms with Gasteiger partial charge >= 0.3 is 0 Å². The van der Waals surface area contributed by atoms with E-state index in [4.69, 9.17) is 4.52 Å². The van der Waals surface area contributed by atoms with E-state index in [1.54, 1.807) is 26.0 Å². The molecule has 1 N–H and O–H groups in total. The molecule has 3 aromatic rings. The molecule has 118 valence electrons. The third-order valence-corrected chi connectivity index (χ3v) is 4.28. The molecule has 0 saturated carbocycles. The zero-order valence-electron chi connectivity index (χ0n) is 12.8. The monoisotopic (exact) mass is 331 g/mol. The van der Waals surface area contributed by atoms with Gasteiger partial charge in [-0.25, -0.2) is 9.37 Å². The third-order valence-electron chi connectivity index (χ3n) is 3.40. The number of hydrogen-bond donors (Lipinski definition) is 1. The number of anilines is 1. The average molecular weight is 331 g/mol. The first-order valence-electron chi connectivity index (χ1n) is 6.93. The first-order valence-corrected chi connectivity index (χ1v) is 7.75. The number of carbonyl (C=O) groups is 1. The van der Waals surface area contributed by atoms with Crippen LogP contribution in [0.4, 0.5) is 9.52 Å². The molecule has 0 spiro atoms. The minimum Gasteiger partial charge on any atom is -0.361 e. The van der Waals surface area contributed by atoms with Crippen LogP contribution in [0.2, 0.25) is 0 Å². The van der Waals surface area contributed by atoms with Crippen molar-refractivity contribution in [2.75, 3.05) is 5.32 Å². The summed E-state index contributed by atoms with van der Waals surface area (Å²) in [5.41, 5.74) is 2.48. The molecule has 5 nitrogen and oxygen atoms in total. The van der Waals surface area contributed by atoms with Gasteiger partial charge in [-0.05, 0) is 45.0 Å². The van der Waals surface area contributed by atoms with Crippen LogP contribution in [0.5, 0.6) is 0 Å². The highest BCUT2D eigenvalue weighted by Gasteiger charge is 2.19. The number of nitrogens with zero attached hydrogens (tertiary/aromatic N) is 2. The zero-order chi connectivity index (χ0) is 16.6. The van der Waals surface area contributed by atoms with Gasteiger partial charge in [0.25, 0.3) is 5.91 Å². The van der Waals surface area contributed by atoms with E-state index >= 15 is 0 Å². The fourth-order valence-electron chi connectivity index (χ4n) is 2.29. The molecule has 0 radical (unpaired) electrons. The number of benzene rings is 1. The van der Waals surface area contributed by atoms with Crippen LogP contribution in [0.15, 0.2) is 28.8 Å². The van der Waals surface area contributed by atoms with Crippen LogP contribution in [-0.2, 0) is 0 Å². The summed E-state index contributed by atoms with van der Waals surface area (Å²) < 4.78 is 18.0. The molecular weight excluding hydrogens is 317 g/mol. The van der Waals surface area contributed by atoms with E-state index in [1.165, 1.54) is 23.5 Å². The molecule has 7 heteroatoms. The highest BCUT2D eigenvalue weighted by atomic mass is 32.1. The first kappa shape index (κ1) is 15.4. The summed E-state index contributed by atoms with van der Waals surface area (Å²) in [5, 5.41) is 7.01. The number of nitrogens with one attached hydrogen (secondary N) is 1. The molecule has 0 bridgehead atoms. The lowest BCUT2D eigenvalue weighted by Crippen LogP contribution is -2.13. The van der Waals surface area contributed by atoms with Crippen molar-refractivity contribution in [2.45, 2.75) is 20.8 Å². The largest absolute Gasteiger partial charge is 0.361 e. The quantitative estimate of drug-likeness (QED) is 0.784. The van der Waals surface area contributed by atoms with Crippen molar-refractivity contribution < 1.29 is 13.7 Å². The van der Waals surface area contributed by atoms with Crippen LogP contribution in [0.1, 0.15) is 26.7 Å². The SMILES string of the molecule is Cc1noc(C)c1C(=O)Nc1nc(-c2ccc(F)cc2)c(C)s1. The second kappa shape index (κ2) is 5.92. The Bertz CT molecular complexity index is 849. The summed E-state index contributed by atoms with van der Waals surface area (Å²) in [6, 6.07) is 6.10. The van der Waals surface area contributed by atoms with Crippen LogP contribution < -0.4 is 5.32 Å². The lowest BCUT2D eigenvalue weighted by atomic mass is 10.1. The van der Waals surface area contributed by atoms with Crippen molar-refractivity contribution in [3.63, 3.8) is 0 Å². The lowest BCUT2D eigenvalue weighted by Gasteiger charge is -2.00. The summed E-state index contributed by atoms with van der Waals surface area (Å²) >= 11 is 1.36. The molecule has 2 heterocycles. The van der Waals surface area contributed by atoms with E-state index < -0.39 is 0 Å². The van der Waals surface area contributed by atoms with Crippen molar-refractivity contribution in [3.05, 3.63) is 52.0 Å². The maximum absolute atomic E-state index is 13.0. The summed E-state index contributed by atoms with van der Waals surface area (Å²) in [5.74, 6) is -0.138. The molecular formula is C16H14FN3O2S. The van der Waals surface area contributed by atoms with Crippen LogP contribution in [0, 0.1) is 26.6 Å². The molecule has 1 amide bonds. The van der Waals surface area contributed by atoms with Crippen LogP contribution >= 0.6 is 11.3 Å². The van der Waals surface area contributed by atoms with E-state index in [-0.39, 0.29) is 11.7 Å². The van der Waals surface area contributed by atoms with Crippen LogP contribution in [0.3, 0.4) is 0 Å². The van der Waals surface area contributed by atoms with E-state index in [0.29, 0.717) is 22.1 Å². The van der Waals surface area contributed by atoms with Gasteiger partial charge in [-0.1, -0.05) is 5.16 Å². The summed E-state index contributed by atoms with van der Waals surface area (Å²) in [6.45, 7) is 5.30. The molecule has 0 aliphatic rings. The Hall–Kier alpha value is -2.54. The van der Waals surface area contributed by atoms with Gasteiger partial charge in [0, 0.05) is 10.4 Å². The number of thiazole rings is 1. The van der Waals surface area contributed by atoms with Gasteiger partial charge in [0.15, 0.2) is 5.13 Å². The molecule has 1 aromatic carbocycles. The highest BCUT2D eigenvalue weighted by Crippen LogP contribution is 2.31. The first-order chi connectivity index (χ1) is 11.0. The Morgan fingerprint density at radius 1 is 1.22 bits per heavy atom. The maximum Gasteiger partial charge on any atom is 0.262 e. The van der Waals surface area contributed by atoms with Gasteiger partial charge in [0.05, 0.1) is 11.4 Å². The van der Waals surface area contributed by atoms with Crippen molar-refractivity contribution in [1.82, 2.24) is 10.1 Å². The topological polar surface area (TPSA) is 68.0 Å². The Labute approximate surface area is 136 Å². The molecule has 0 aliphatic carbocycles. The minimum absolute atomic E-state index is 0.298. The predicted molar refractivity (Wildman–Crippen MR) is 86.2 cm³/mol. The van der Waals surface area contributed by atoms with Crippen molar-refractivity contribution in [2.24, 2.45) is 0 Å². The summed E-state index contributed by atoms with van der Waals surface area (Å²) in [4.78, 5) is 17.7.